The van der Waals surface area contributed by atoms with Crippen LogP contribution in [-0.4, -0.2) is 65.0 Å². The summed E-state index contributed by atoms with van der Waals surface area (Å²) in [5, 5.41) is 4.08. The number of nitrogens with one attached hydrogen (secondary N) is 1. The molecule has 1 amide bonds. The van der Waals surface area contributed by atoms with Crippen LogP contribution in [0.2, 0.25) is 0 Å². The molecule has 2 fully saturated rings. The molecule has 0 saturated carbocycles. The summed E-state index contributed by atoms with van der Waals surface area (Å²) in [7, 11) is 1.84. The predicted octanol–water partition coefficient (Wildman–Crippen LogP) is 1.06. The topological polar surface area (TPSA) is 61.4 Å². The second-order valence-electron chi connectivity index (χ2n) is 5.51. The highest BCUT2D eigenvalue weighted by Crippen LogP contribution is 2.26. The Hall–Kier alpha value is -1.50. The molecule has 0 aromatic carbocycles. The van der Waals surface area contributed by atoms with Crippen molar-refractivity contribution in [2.24, 2.45) is 0 Å². The van der Waals surface area contributed by atoms with E-state index < -0.39 is 0 Å². The number of carbonyl (C=O) groups excluding carboxylic acids is 1. The lowest BCUT2D eigenvalue weighted by atomic mass is 10.2. The van der Waals surface area contributed by atoms with Gasteiger partial charge in [-0.3, -0.25) is 4.79 Å². The van der Waals surface area contributed by atoms with Crippen molar-refractivity contribution in [1.29, 1.82) is 0 Å². The first-order valence-electron chi connectivity index (χ1n) is 7.39. The third-order valence-corrected chi connectivity index (χ3v) is 5.37. The number of aromatic nitrogens is 2. The van der Waals surface area contributed by atoms with E-state index in [9.17, 15) is 4.79 Å². The number of thioether (sulfide) groups is 1. The summed E-state index contributed by atoms with van der Waals surface area (Å²) in [4.78, 5) is 24.1. The van der Waals surface area contributed by atoms with Crippen LogP contribution in [0.25, 0.3) is 0 Å². The molecule has 1 N–H and O–H groups in total. The van der Waals surface area contributed by atoms with Gasteiger partial charge in [-0.15, -0.1) is 0 Å². The molecule has 2 saturated heterocycles. The number of hydrogen-bond donors (Lipinski definition) is 1. The van der Waals surface area contributed by atoms with Crippen LogP contribution < -0.4 is 10.2 Å². The Morgan fingerprint density at radius 1 is 1.43 bits per heavy atom. The van der Waals surface area contributed by atoms with Crippen LogP contribution in [0.1, 0.15) is 12.8 Å². The largest absolute Gasteiger partial charge is 0.369 e. The summed E-state index contributed by atoms with van der Waals surface area (Å²) in [6.07, 6.45) is 4.17. The average molecular weight is 307 g/mol. The van der Waals surface area contributed by atoms with Gasteiger partial charge in [-0.05, 0) is 18.6 Å². The number of rotatable bonds is 4. The summed E-state index contributed by atoms with van der Waals surface area (Å²) in [5.74, 6) is 3.08. The van der Waals surface area contributed by atoms with Crippen LogP contribution in [-0.2, 0) is 4.79 Å². The number of amides is 1. The van der Waals surface area contributed by atoms with Crippen LogP contribution in [0.3, 0.4) is 0 Å². The number of piperazine rings is 1. The molecule has 7 heteroatoms. The molecule has 1 aromatic heterocycles. The lowest BCUT2D eigenvalue weighted by Gasteiger charge is -2.32. The van der Waals surface area contributed by atoms with Crippen LogP contribution in [0.4, 0.5) is 11.6 Å². The average Bonchev–Trinajstić information content (AvgIpc) is 3.02. The Morgan fingerprint density at radius 2 is 2.33 bits per heavy atom. The van der Waals surface area contributed by atoms with Gasteiger partial charge in [0.25, 0.3) is 0 Å². The lowest BCUT2D eigenvalue weighted by Crippen LogP contribution is -2.48. The fraction of sp³-hybridized carbons (Fsp3) is 0.643. The Kier molecular flexibility index (Phi) is 4.48. The highest BCUT2D eigenvalue weighted by molar-refractivity contribution is 8.00. The molecule has 0 radical (unpaired) electrons. The fourth-order valence-corrected chi connectivity index (χ4v) is 3.80. The van der Waals surface area contributed by atoms with Crippen molar-refractivity contribution in [2.75, 3.05) is 49.2 Å². The van der Waals surface area contributed by atoms with Gasteiger partial charge >= 0.3 is 0 Å². The third kappa shape index (κ3) is 3.58. The Labute approximate surface area is 129 Å². The van der Waals surface area contributed by atoms with E-state index >= 15 is 0 Å². The number of carbonyl (C=O) groups is 1. The van der Waals surface area contributed by atoms with Gasteiger partial charge in [-0.25, -0.2) is 9.97 Å². The molecule has 0 bridgehead atoms. The minimum absolute atomic E-state index is 0.136. The van der Waals surface area contributed by atoms with E-state index in [2.05, 4.69) is 15.3 Å². The fourth-order valence-electron chi connectivity index (χ4n) is 2.59. The Morgan fingerprint density at radius 3 is 3.10 bits per heavy atom. The standard InChI is InChI=1S/C14H21N5OS/c1-18-4-5-19(9-14(18)20)13-7-12(16-10-17-13)15-8-11-3-2-6-21-11/h7,10-11H,2-6,8-9H2,1H3,(H,15,16,17). The molecule has 2 aliphatic heterocycles. The Bertz CT molecular complexity index is 506. The number of anilines is 2. The van der Waals surface area contributed by atoms with Gasteiger partial charge in [0.05, 0.1) is 6.54 Å². The Balaban J connectivity index is 1.61. The summed E-state index contributed by atoms with van der Waals surface area (Å²) >= 11 is 2.03. The maximum atomic E-state index is 11.8. The predicted molar refractivity (Wildman–Crippen MR) is 85.9 cm³/mol. The minimum atomic E-state index is 0.136. The minimum Gasteiger partial charge on any atom is -0.369 e. The van der Waals surface area contributed by atoms with Crippen molar-refractivity contribution in [3.63, 3.8) is 0 Å². The maximum Gasteiger partial charge on any atom is 0.241 e. The summed E-state index contributed by atoms with van der Waals surface area (Å²) < 4.78 is 0. The number of hydrogen-bond acceptors (Lipinski definition) is 6. The molecule has 3 heterocycles. The zero-order valence-electron chi connectivity index (χ0n) is 12.3. The van der Waals surface area contributed by atoms with E-state index in [1.165, 1.54) is 18.6 Å². The van der Waals surface area contributed by atoms with Gasteiger partial charge in [0.1, 0.15) is 18.0 Å². The first-order valence-corrected chi connectivity index (χ1v) is 8.43. The van der Waals surface area contributed by atoms with Gasteiger partial charge in [-0.1, -0.05) is 0 Å². The quantitative estimate of drug-likeness (QED) is 0.897. The molecule has 21 heavy (non-hydrogen) atoms. The number of likely N-dealkylation sites (N-methyl/N-ethyl adjacent to an activating group) is 1. The highest BCUT2D eigenvalue weighted by atomic mass is 32.2. The molecule has 6 nitrogen and oxygen atoms in total. The highest BCUT2D eigenvalue weighted by Gasteiger charge is 2.22. The van der Waals surface area contributed by atoms with Gasteiger partial charge < -0.3 is 15.1 Å². The van der Waals surface area contributed by atoms with Gasteiger partial charge in [0, 0.05) is 38.0 Å². The number of nitrogens with zero attached hydrogens (tertiary/aromatic N) is 4. The zero-order valence-corrected chi connectivity index (χ0v) is 13.1. The molecule has 2 aliphatic rings. The van der Waals surface area contributed by atoms with Crippen molar-refractivity contribution < 1.29 is 4.79 Å². The van der Waals surface area contributed by atoms with Crippen LogP contribution >= 0.6 is 11.8 Å². The molecule has 3 rings (SSSR count). The van der Waals surface area contributed by atoms with Crippen molar-refractivity contribution in [1.82, 2.24) is 14.9 Å². The van der Waals surface area contributed by atoms with E-state index in [0.717, 1.165) is 31.3 Å². The van der Waals surface area contributed by atoms with Crippen molar-refractivity contribution >= 4 is 29.3 Å². The molecule has 114 valence electrons. The molecular weight excluding hydrogens is 286 g/mol. The first-order chi connectivity index (χ1) is 10.2. The maximum absolute atomic E-state index is 11.8. The first kappa shape index (κ1) is 14.4. The summed E-state index contributed by atoms with van der Waals surface area (Å²) in [6.45, 7) is 2.90. The van der Waals surface area contributed by atoms with E-state index in [-0.39, 0.29) is 5.91 Å². The van der Waals surface area contributed by atoms with Crippen molar-refractivity contribution in [3.8, 4) is 0 Å². The van der Waals surface area contributed by atoms with E-state index in [1.54, 1.807) is 11.2 Å². The second-order valence-corrected chi connectivity index (χ2v) is 6.92. The van der Waals surface area contributed by atoms with Gasteiger partial charge in [-0.2, -0.15) is 11.8 Å². The van der Waals surface area contributed by atoms with E-state index in [0.29, 0.717) is 11.8 Å². The zero-order chi connectivity index (χ0) is 14.7. The smallest absolute Gasteiger partial charge is 0.241 e. The summed E-state index contributed by atoms with van der Waals surface area (Å²) in [6, 6.07) is 1.94. The van der Waals surface area contributed by atoms with Crippen LogP contribution in [0, 0.1) is 0 Å². The molecule has 1 atom stereocenters. The molecule has 1 unspecified atom stereocenters. The monoisotopic (exact) mass is 307 g/mol. The van der Waals surface area contributed by atoms with Crippen LogP contribution in [0.5, 0.6) is 0 Å². The molecule has 1 aromatic rings. The SMILES string of the molecule is CN1CCN(c2cc(NCC3CCCS3)ncn2)CC1=O. The van der Waals surface area contributed by atoms with E-state index in [1.807, 2.05) is 29.8 Å². The molecule has 0 aliphatic carbocycles. The third-order valence-electron chi connectivity index (χ3n) is 3.97. The van der Waals surface area contributed by atoms with E-state index in [4.69, 9.17) is 0 Å². The van der Waals surface area contributed by atoms with Gasteiger partial charge in [0.2, 0.25) is 5.91 Å². The molecular formula is C14H21N5OS. The van der Waals surface area contributed by atoms with Crippen molar-refractivity contribution in [3.05, 3.63) is 12.4 Å². The normalized spacial score (nSPS) is 22.7. The van der Waals surface area contributed by atoms with Gasteiger partial charge in [0.15, 0.2) is 0 Å². The lowest BCUT2D eigenvalue weighted by molar-refractivity contribution is -0.129. The van der Waals surface area contributed by atoms with Crippen molar-refractivity contribution in [2.45, 2.75) is 18.1 Å². The second kappa shape index (κ2) is 6.51. The summed E-state index contributed by atoms with van der Waals surface area (Å²) in [5.41, 5.74) is 0. The molecule has 0 spiro atoms. The van der Waals surface area contributed by atoms with Crippen LogP contribution in [0.15, 0.2) is 12.4 Å².